The second kappa shape index (κ2) is 7.43. The average molecular weight is 461 g/mol. The molecule has 0 fully saturated rings. The monoisotopic (exact) mass is 459 g/mol. The van der Waals surface area contributed by atoms with E-state index in [2.05, 4.69) is 25.6 Å². The quantitative estimate of drug-likeness (QED) is 0.589. The Kier molecular flexibility index (Phi) is 5.42. The number of sulfonamides is 1. The summed E-state index contributed by atoms with van der Waals surface area (Å²) in [6.07, 6.45) is 1.47. The van der Waals surface area contributed by atoms with Gasteiger partial charge in [-0.3, -0.25) is 4.72 Å². The summed E-state index contributed by atoms with van der Waals surface area (Å²) in [5.74, 6) is 0.391. The summed E-state index contributed by atoms with van der Waals surface area (Å²) < 4.78 is 35.6. The zero-order chi connectivity index (χ0) is 18.9. The molecule has 0 spiro atoms. The summed E-state index contributed by atoms with van der Waals surface area (Å²) in [4.78, 5) is 4.18. The van der Waals surface area contributed by atoms with Crippen LogP contribution in [-0.4, -0.2) is 36.8 Å². The molecule has 1 aromatic carbocycles. The number of fused-ring (bicyclic) bond motifs is 1. The van der Waals surface area contributed by atoms with Gasteiger partial charge in [-0.25, -0.2) is 8.42 Å². The van der Waals surface area contributed by atoms with Crippen LogP contribution in [0.2, 0.25) is 5.02 Å². The topological polar surface area (TPSA) is 93.5 Å². The largest absolute Gasteiger partial charge is 0.480 e. The van der Waals surface area contributed by atoms with E-state index in [1.807, 2.05) is 0 Å². The molecule has 2 heterocycles. The molecule has 0 saturated heterocycles. The van der Waals surface area contributed by atoms with Crippen LogP contribution in [0.4, 0.5) is 5.82 Å². The van der Waals surface area contributed by atoms with Gasteiger partial charge < -0.3 is 14.4 Å². The molecular formula is C16H15BrClN3O4S. The molecule has 0 radical (unpaired) electrons. The Labute approximate surface area is 163 Å². The van der Waals surface area contributed by atoms with E-state index in [9.17, 15) is 13.5 Å². The number of anilines is 1. The summed E-state index contributed by atoms with van der Waals surface area (Å²) in [7, 11) is -2.47. The lowest BCUT2D eigenvalue weighted by molar-refractivity contribution is 0.278. The number of aliphatic hydroxyl groups is 1. The average Bonchev–Trinajstić information content (AvgIpc) is 2.95. The smallest absolute Gasteiger partial charge is 0.265 e. The van der Waals surface area contributed by atoms with Crippen LogP contribution in [0.1, 0.15) is 0 Å². The van der Waals surface area contributed by atoms with Crippen molar-refractivity contribution >= 4 is 54.3 Å². The van der Waals surface area contributed by atoms with E-state index in [1.54, 1.807) is 28.8 Å². The highest BCUT2D eigenvalue weighted by Gasteiger charge is 2.22. The van der Waals surface area contributed by atoms with Crippen LogP contribution in [0.5, 0.6) is 5.88 Å². The molecule has 0 aliphatic carbocycles. The highest BCUT2D eigenvalue weighted by Crippen LogP contribution is 2.30. The molecule has 0 bridgehead atoms. The van der Waals surface area contributed by atoms with E-state index in [1.165, 1.54) is 19.4 Å². The van der Waals surface area contributed by atoms with E-state index in [0.717, 1.165) is 0 Å². The zero-order valence-corrected chi connectivity index (χ0v) is 16.8. The summed E-state index contributed by atoms with van der Waals surface area (Å²) in [5, 5.41) is 10.2. The maximum Gasteiger partial charge on any atom is 0.265 e. The highest BCUT2D eigenvalue weighted by molar-refractivity contribution is 9.10. The van der Waals surface area contributed by atoms with Crippen LogP contribution in [0.3, 0.4) is 0 Å². The number of methoxy groups -OCH3 is 1. The van der Waals surface area contributed by atoms with Crippen molar-refractivity contribution in [3.63, 3.8) is 0 Å². The third-order valence-electron chi connectivity index (χ3n) is 3.68. The number of ether oxygens (including phenoxy) is 1. The first-order valence-corrected chi connectivity index (χ1v) is 10.1. The van der Waals surface area contributed by atoms with Crippen LogP contribution >= 0.6 is 27.5 Å². The van der Waals surface area contributed by atoms with Gasteiger partial charge in [0.15, 0.2) is 0 Å². The highest BCUT2D eigenvalue weighted by atomic mass is 79.9. The van der Waals surface area contributed by atoms with Crippen molar-refractivity contribution in [3.05, 3.63) is 46.0 Å². The van der Waals surface area contributed by atoms with Gasteiger partial charge >= 0.3 is 0 Å². The Bertz CT molecular complexity index is 1070. The lowest BCUT2D eigenvalue weighted by Crippen LogP contribution is -2.14. The first-order valence-electron chi connectivity index (χ1n) is 7.48. The van der Waals surface area contributed by atoms with Gasteiger partial charge in [0.1, 0.15) is 10.7 Å². The maximum atomic E-state index is 12.9. The molecule has 3 rings (SSSR count). The van der Waals surface area contributed by atoms with Gasteiger partial charge in [0.05, 0.1) is 23.7 Å². The van der Waals surface area contributed by atoms with Crippen molar-refractivity contribution in [2.24, 2.45) is 0 Å². The number of aliphatic hydroxyl groups excluding tert-OH is 1. The van der Waals surface area contributed by atoms with Gasteiger partial charge in [0, 0.05) is 23.2 Å². The third-order valence-corrected chi connectivity index (χ3v) is 5.91. The van der Waals surface area contributed by atoms with Crippen molar-refractivity contribution in [3.8, 4) is 5.88 Å². The number of benzene rings is 1. The summed E-state index contributed by atoms with van der Waals surface area (Å²) in [6, 6.07) is 8.07. The van der Waals surface area contributed by atoms with E-state index < -0.39 is 10.0 Å². The molecule has 138 valence electrons. The number of hydrogen-bond acceptors (Lipinski definition) is 5. The van der Waals surface area contributed by atoms with Crippen LogP contribution in [0, 0.1) is 0 Å². The molecule has 0 saturated carbocycles. The van der Waals surface area contributed by atoms with Gasteiger partial charge in [0.2, 0.25) is 5.88 Å². The number of halogens is 2. The molecule has 7 nitrogen and oxygen atoms in total. The van der Waals surface area contributed by atoms with Gasteiger partial charge in [-0.05, 0) is 46.3 Å². The van der Waals surface area contributed by atoms with Crippen LogP contribution in [-0.2, 0) is 16.6 Å². The van der Waals surface area contributed by atoms with Crippen molar-refractivity contribution < 1.29 is 18.3 Å². The predicted molar refractivity (Wildman–Crippen MR) is 103 cm³/mol. The molecule has 0 aliphatic heterocycles. The first kappa shape index (κ1) is 19.0. The number of nitrogens with zero attached hydrogens (tertiary/aromatic N) is 2. The summed E-state index contributed by atoms with van der Waals surface area (Å²) in [6.45, 7) is 0.116. The lowest BCUT2D eigenvalue weighted by atomic mass is 10.2. The number of aromatic nitrogens is 2. The molecule has 0 atom stereocenters. The van der Waals surface area contributed by atoms with Crippen LogP contribution in [0.15, 0.2) is 45.9 Å². The van der Waals surface area contributed by atoms with Gasteiger partial charge in [-0.15, -0.1) is 0 Å². The predicted octanol–water partition coefficient (Wildman–Crippen LogP) is 3.25. The Morgan fingerprint density at radius 2 is 2.12 bits per heavy atom. The molecule has 0 unspecified atom stereocenters. The number of hydrogen-bond donors (Lipinski definition) is 2. The Balaban J connectivity index is 2.07. The van der Waals surface area contributed by atoms with Crippen molar-refractivity contribution in [1.29, 1.82) is 0 Å². The fourth-order valence-electron chi connectivity index (χ4n) is 2.55. The minimum absolute atomic E-state index is 0.0707. The Morgan fingerprint density at radius 1 is 1.35 bits per heavy atom. The van der Waals surface area contributed by atoms with Crippen molar-refractivity contribution in [2.75, 3.05) is 18.4 Å². The number of pyridine rings is 1. The molecule has 3 aromatic rings. The van der Waals surface area contributed by atoms with E-state index in [4.69, 9.17) is 16.3 Å². The summed E-state index contributed by atoms with van der Waals surface area (Å²) in [5.41, 5.74) is 0.619. The lowest BCUT2D eigenvalue weighted by Gasteiger charge is -2.08. The molecular weight excluding hydrogens is 446 g/mol. The first-order chi connectivity index (χ1) is 12.4. The third kappa shape index (κ3) is 3.66. The van der Waals surface area contributed by atoms with E-state index in [-0.39, 0.29) is 29.7 Å². The Morgan fingerprint density at radius 3 is 2.81 bits per heavy atom. The second-order valence-electron chi connectivity index (χ2n) is 5.36. The molecule has 2 aromatic heterocycles. The minimum Gasteiger partial charge on any atom is -0.480 e. The molecule has 2 N–H and O–H groups in total. The fourth-order valence-corrected chi connectivity index (χ4v) is 4.33. The SMILES string of the molecule is COc1nc(NS(=O)(=O)c2cn(CCO)c3cc(Cl)ccc23)ccc1Br. The van der Waals surface area contributed by atoms with E-state index >= 15 is 0 Å². The molecule has 26 heavy (non-hydrogen) atoms. The van der Waals surface area contributed by atoms with Crippen molar-refractivity contribution in [1.82, 2.24) is 9.55 Å². The standard InChI is InChI=1S/C16H15BrClN3O4S/c1-25-16-12(17)4-5-15(19-16)20-26(23,24)14-9-21(6-7-22)13-8-10(18)2-3-11(13)14/h2-5,8-9,22H,6-7H2,1H3,(H,19,20). The molecule has 0 aliphatic rings. The fraction of sp³-hybridized carbons (Fsp3) is 0.188. The summed E-state index contributed by atoms with van der Waals surface area (Å²) >= 11 is 9.29. The van der Waals surface area contributed by atoms with Gasteiger partial charge in [0.25, 0.3) is 10.0 Å². The number of nitrogens with one attached hydrogen (secondary N) is 1. The van der Waals surface area contributed by atoms with Crippen LogP contribution in [0.25, 0.3) is 10.9 Å². The maximum absolute atomic E-state index is 12.9. The Hall–Kier alpha value is -1.81. The number of rotatable bonds is 6. The normalized spacial score (nSPS) is 11.7. The van der Waals surface area contributed by atoms with E-state index in [0.29, 0.717) is 20.4 Å². The molecule has 0 amide bonds. The zero-order valence-electron chi connectivity index (χ0n) is 13.6. The second-order valence-corrected chi connectivity index (χ2v) is 8.31. The molecule has 10 heteroatoms. The minimum atomic E-state index is -3.92. The van der Waals surface area contributed by atoms with Crippen LogP contribution < -0.4 is 9.46 Å². The van der Waals surface area contributed by atoms with Gasteiger partial charge in [-0.2, -0.15) is 4.98 Å². The van der Waals surface area contributed by atoms with Crippen molar-refractivity contribution in [2.45, 2.75) is 11.4 Å². The van der Waals surface area contributed by atoms with Gasteiger partial charge in [-0.1, -0.05) is 11.6 Å².